The molecule has 1 aliphatic heterocycles. The van der Waals surface area contributed by atoms with Crippen molar-refractivity contribution in [2.45, 2.75) is 32.1 Å². The van der Waals surface area contributed by atoms with Crippen LogP contribution >= 0.6 is 0 Å². The zero-order valence-corrected chi connectivity index (χ0v) is 12.1. The van der Waals surface area contributed by atoms with E-state index < -0.39 is 0 Å². The third-order valence-electron chi connectivity index (χ3n) is 4.12. The Hall–Kier alpha value is -1.55. The molecule has 1 aromatic carbocycles. The lowest BCUT2D eigenvalue weighted by Gasteiger charge is -2.32. The van der Waals surface area contributed by atoms with Crippen molar-refractivity contribution in [1.29, 1.82) is 0 Å². The lowest BCUT2D eigenvalue weighted by molar-refractivity contribution is -0.133. The fraction of sp³-hybridized carbons (Fsp3) is 0.562. The van der Waals surface area contributed by atoms with Gasteiger partial charge < -0.3 is 15.7 Å². The molecule has 110 valence electrons. The summed E-state index contributed by atoms with van der Waals surface area (Å²) in [6, 6.07) is 7.72. The Kier molecular flexibility index (Phi) is 5.01. The number of nitrogens with zero attached hydrogens (tertiary/aromatic N) is 1. The van der Waals surface area contributed by atoms with Gasteiger partial charge in [0.15, 0.2) is 0 Å². The van der Waals surface area contributed by atoms with E-state index in [4.69, 9.17) is 5.73 Å². The highest BCUT2D eigenvalue weighted by molar-refractivity contribution is 5.77. The second-order valence-electron chi connectivity index (χ2n) is 5.80. The number of hydrogen-bond acceptors (Lipinski definition) is 3. The maximum absolute atomic E-state index is 12.3. The quantitative estimate of drug-likeness (QED) is 0.827. The number of amides is 1. The summed E-state index contributed by atoms with van der Waals surface area (Å²) in [6.45, 7) is 3.77. The van der Waals surface area contributed by atoms with Crippen molar-refractivity contribution in [3.63, 3.8) is 0 Å². The molecule has 2 unspecified atom stereocenters. The van der Waals surface area contributed by atoms with Crippen molar-refractivity contribution in [1.82, 2.24) is 4.90 Å². The Morgan fingerprint density at radius 3 is 2.80 bits per heavy atom. The van der Waals surface area contributed by atoms with Crippen LogP contribution in [0.3, 0.4) is 0 Å². The van der Waals surface area contributed by atoms with Gasteiger partial charge in [-0.1, -0.05) is 19.1 Å². The second kappa shape index (κ2) is 6.75. The van der Waals surface area contributed by atoms with E-state index >= 15 is 0 Å². The molecule has 0 aliphatic carbocycles. The standard InChI is InChI=1S/C16H24N2O2/c1-12(14-4-6-15(17)7-5-14)9-16(20)18-8-2-3-13(10-18)11-19/h4-7,12-13,19H,2-3,8-11,17H2,1H3. The number of hydrogen-bond donors (Lipinski definition) is 2. The van der Waals surface area contributed by atoms with Crippen LogP contribution < -0.4 is 5.73 Å². The summed E-state index contributed by atoms with van der Waals surface area (Å²) >= 11 is 0. The number of nitrogen functional groups attached to an aromatic ring is 1. The van der Waals surface area contributed by atoms with Gasteiger partial charge >= 0.3 is 0 Å². The van der Waals surface area contributed by atoms with Crippen molar-refractivity contribution in [3.05, 3.63) is 29.8 Å². The first-order chi connectivity index (χ1) is 9.60. The number of aliphatic hydroxyl groups is 1. The summed E-state index contributed by atoms with van der Waals surface area (Å²) in [7, 11) is 0. The molecule has 0 aromatic heterocycles. The topological polar surface area (TPSA) is 66.6 Å². The minimum Gasteiger partial charge on any atom is -0.399 e. The predicted molar refractivity (Wildman–Crippen MR) is 80.3 cm³/mol. The Morgan fingerprint density at radius 1 is 1.45 bits per heavy atom. The fourth-order valence-electron chi connectivity index (χ4n) is 2.77. The zero-order chi connectivity index (χ0) is 14.5. The average molecular weight is 276 g/mol. The van der Waals surface area contributed by atoms with E-state index in [9.17, 15) is 9.90 Å². The number of carbonyl (C=O) groups is 1. The minimum absolute atomic E-state index is 0.178. The Bertz CT molecular complexity index is 444. The summed E-state index contributed by atoms with van der Waals surface area (Å²) in [5.74, 6) is 0.629. The lowest BCUT2D eigenvalue weighted by atomic mass is 9.95. The third kappa shape index (κ3) is 3.73. The van der Waals surface area contributed by atoms with E-state index in [0.717, 1.165) is 30.6 Å². The van der Waals surface area contributed by atoms with Gasteiger partial charge in [-0.15, -0.1) is 0 Å². The van der Waals surface area contributed by atoms with Gasteiger partial charge in [0.1, 0.15) is 0 Å². The molecule has 0 saturated carbocycles. The van der Waals surface area contributed by atoms with E-state index in [-0.39, 0.29) is 24.3 Å². The summed E-state index contributed by atoms with van der Waals surface area (Å²) in [5, 5.41) is 9.23. The molecule has 0 radical (unpaired) electrons. The Morgan fingerprint density at radius 2 is 2.15 bits per heavy atom. The van der Waals surface area contributed by atoms with Crippen LogP contribution in [-0.2, 0) is 4.79 Å². The lowest BCUT2D eigenvalue weighted by Crippen LogP contribution is -2.41. The van der Waals surface area contributed by atoms with Crippen molar-refractivity contribution >= 4 is 11.6 Å². The third-order valence-corrected chi connectivity index (χ3v) is 4.12. The van der Waals surface area contributed by atoms with Crippen LogP contribution in [-0.4, -0.2) is 35.6 Å². The number of benzene rings is 1. The number of anilines is 1. The molecule has 1 aliphatic rings. The first-order valence-electron chi connectivity index (χ1n) is 7.34. The fourth-order valence-corrected chi connectivity index (χ4v) is 2.77. The Labute approximate surface area is 120 Å². The molecular formula is C16H24N2O2. The summed E-state index contributed by atoms with van der Waals surface area (Å²) in [6.07, 6.45) is 2.53. The second-order valence-corrected chi connectivity index (χ2v) is 5.80. The minimum atomic E-state index is 0.178. The van der Waals surface area contributed by atoms with Gasteiger partial charge in [-0.3, -0.25) is 4.79 Å². The zero-order valence-electron chi connectivity index (χ0n) is 12.1. The van der Waals surface area contributed by atoms with Crippen LogP contribution in [0.5, 0.6) is 0 Å². The van der Waals surface area contributed by atoms with Crippen molar-refractivity contribution in [3.8, 4) is 0 Å². The summed E-state index contributed by atoms with van der Waals surface area (Å²) in [5.41, 5.74) is 7.56. The van der Waals surface area contributed by atoms with Crippen molar-refractivity contribution in [2.24, 2.45) is 5.92 Å². The van der Waals surface area contributed by atoms with Crippen LogP contribution in [0.2, 0.25) is 0 Å². The molecule has 1 saturated heterocycles. The highest BCUT2D eigenvalue weighted by Gasteiger charge is 2.24. The van der Waals surface area contributed by atoms with E-state index in [0.29, 0.717) is 13.0 Å². The number of rotatable bonds is 4. The monoisotopic (exact) mass is 276 g/mol. The van der Waals surface area contributed by atoms with E-state index in [1.54, 1.807) is 0 Å². The molecule has 1 amide bonds. The first kappa shape index (κ1) is 14.9. The molecule has 4 heteroatoms. The average Bonchev–Trinajstić information content (AvgIpc) is 2.47. The summed E-state index contributed by atoms with van der Waals surface area (Å²) in [4.78, 5) is 14.2. The smallest absolute Gasteiger partial charge is 0.223 e. The molecule has 3 N–H and O–H groups in total. The molecule has 1 fully saturated rings. The largest absolute Gasteiger partial charge is 0.399 e. The Balaban J connectivity index is 1.91. The van der Waals surface area contributed by atoms with Gasteiger partial charge in [-0.2, -0.15) is 0 Å². The van der Waals surface area contributed by atoms with E-state index in [1.807, 2.05) is 29.2 Å². The number of piperidine rings is 1. The number of aliphatic hydroxyl groups excluding tert-OH is 1. The highest BCUT2D eigenvalue weighted by atomic mass is 16.3. The van der Waals surface area contributed by atoms with Gasteiger partial charge in [0, 0.05) is 31.8 Å². The summed E-state index contributed by atoms with van der Waals surface area (Å²) < 4.78 is 0. The van der Waals surface area contributed by atoms with Gasteiger partial charge in [0.2, 0.25) is 5.91 Å². The van der Waals surface area contributed by atoms with Crippen LogP contribution in [0.25, 0.3) is 0 Å². The molecule has 0 bridgehead atoms. The normalized spacial score (nSPS) is 20.7. The maximum Gasteiger partial charge on any atom is 0.223 e. The molecule has 2 atom stereocenters. The molecule has 0 spiro atoms. The SMILES string of the molecule is CC(CC(=O)N1CCCC(CO)C1)c1ccc(N)cc1. The van der Waals surface area contributed by atoms with Gasteiger partial charge in [-0.05, 0) is 42.4 Å². The van der Waals surface area contributed by atoms with Crippen LogP contribution in [0.15, 0.2) is 24.3 Å². The number of nitrogens with two attached hydrogens (primary N) is 1. The number of likely N-dealkylation sites (tertiary alicyclic amines) is 1. The van der Waals surface area contributed by atoms with Crippen LogP contribution in [0.1, 0.15) is 37.7 Å². The van der Waals surface area contributed by atoms with Gasteiger partial charge in [0.25, 0.3) is 0 Å². The van der Waals surface area contributed by atoms with E-state index in [2.05, 4.69) is 6.92 Å². The van der Waals surface area contributed by atoms with Gasteiger partial charge in [0.05, 0.1) is 0 Å². The molecule has 1 heterocycles. The maximum atomic E-state index is 12.3. The predicted octanol–water partition coefficient (Wildman–Crippen LogP) is 1.99. The highest BCUT2D eigenvalue weighted by Crippen LogP contribution is 2.23. The molecule has 1 aromatic rings. The van der Waals surface area contributed by atoms with Crippen LogP contribution in [0, 0.1) is 5.92 Å². The van der Waals surface area contributed by atoms with Crippen molar-refractivity contribution < 1.29 is 9.90 Å². The molecule has 4 nitrogen and oxygen atoms in total. The number of carbonyl (C=O) groups excluding carboxylic acids is 1. The van der Waals surface area contributed by atoms with E-state index in [1.165, 1.54) is 0 Å². The molecular weight excluding hydrogens is 252 g/mol. The first-order valence-corrected chi connectivity index (χ1v) is 7.34. The van der Waals surface area contributed by atoms with Crippen molar-refractivity contribution in [2.75, 3.05) is 25.4 Å². The van der Waals surface area contributed by atoms with Gasteiger partial charge in [-0.25, -0.2) is 0 Å². The molecule has 20 heavy (non-hydrogen) atoms. The molecule has 2 rings (SSSR count). The van der Waals surface area contributed by atoms with Crippen LogP contribution in [0.4, 0.5) is 5.69 Å².